The van der Waals surface area contributed by atoms with Gasteiger partial charge in [-0.15, -0.1) is 0 Å². The van der Waals surface area contributed by atoms with Gasteiger partial charge in [-0.05, 0) is 0 Å². The van der Waals surface area contributed by atoms with Crippen molar-refractivity contribution in [3.63, 3.8) is 0 Å². The van der Waals surface area contributed by atoms with Gasteiger partial charge in [0.15, 0.2) is 0 Å². The fourth-order valence-corrected chi connectivity index (χ4v) is 0. The first-order chi connectivity index (χ1) is 3.91. The molecule has 13 heavy (non-hydrogen) atoms. The van der Waals surface area contributed by atoms with Crippen LogP contribution in [0.2, 0.25) is 5.09 Å². The minimum atomic E-state index is -4.67. The Labute approximate surface area is 86.9 Å². The maximum atomic E-state index is 8.74. The zero-order chi connectivity index (χ0) is 7.91. The molecule has 0 atom stereocenters. The molecule has 0 aromatic rings. The summed E-state index contributed by atoms with van der Waals surface area (Å²) in [6.07, 6.45) is 1.32. The summed E-state index contributed by atoms with van der Waals surface area (Å²) in [5, 5.41) is 1.32. The van der Waals surface area contributed by atoms with E-state index in [0.29, 0.717) is 0 Å². The summed E-state index contributed by atoms with van der Waals surface area (Å²) < 4.78 is 31.6. The molecule has 0 rings (SSSR count). The van der Waals surface area contributed by atoms with Crippen LogP contribution in [-0.4, -0.2) is 43.7 Å². The van der Waals surface area contributed by atoms with Crippen molar-refractivity contribution in [2.75, 3.05) is 0 Å². The van der Waals surface area contributed by atoms with Gasteiger partial charge in [0.1, 0.15) is 0 Å². The summed E-state index contributed by atoms with van der Waals surface area (Å²) in [6.45, 7) is 2.18. The molecular formula is C3H15BF3LiO4S. The first kappa shape index (κ1) is 37.7. The zero-order valence-corrected chi connectivity index (χ0v) is 7.57. The van der Waals surface area contributed by atoms with Gasteiger partial charge in [0.2, 0.25) is 0 Å². The summed E-state index contributed by atoms with van der Waals surface area (Å²) in [4.78, 5) is 0. The van der Waals surface area contributed by atoms with Crippen molar-refractivity contribution < 1.29 is 31.6 Å². The Kier molecular flexibility index (Phi) is 66.2. The van der Waals surface area contributed by atoms with Gasteiger partial charge >= 0.3 is 46.6 Å². The fraction of sp³-hybridized carbons (Fsp3) is 1.00. The van der Waals surface area contributed by atoms with Crippen LogP contribution >= 0.6 is 0 Å². The van der Waals surface area contributed by atoms with Gasteiger partial charge in [-0.1, -0.05) is 0 Å². The molecule has 10 heteroatoms. The Morgan fingerprint density at radius 1 is 1.15 bits per heavy atom. The van der Waals surface area contributed by atoms with Gasteiger partial charge in [0.25, 0.3) is 0 Å². The van der Waals surface area contributed by atoms with Crippen LogP contribution in [0.25, 0.3) is 0 Å². The van der Waals surface area contributed by atoms with Gasteiger partial charge < -0.3 is 0 Å². The van der Waals surface area contributed by atoms with Crippen LogP contribution < -0.4 is 0 Å². The van der Waals surface area contributed by atoms with Crippen molar-refractivity contribution >= 4 is 36.5 Å². The van der Waals surface area contributed by atoms with E-state index in [1.54, 1.807) is 0 Å². The Balaban J connectivity index is -0.0000000146. The molecule has 0 aliphatic heterocycles. The molecule has 2 N–H and O–H groups in total. The van der Waals surface area contributed by atoms with Gasteiger partial charge in [-0.3, -0.25) is 23.2 Å². The standard InChI is InChI=1S/C3H7.BH3.3FH.Li.H2O4S/c1-3-2;;;;;;1-5(2,3)4/h1,3H2,2H3;1H3;3*1H;;(H2,1,2,3,4). The summed E-state index contributed by atoms with van der Waals surface area (Å²) >= 11 is 2.18. The van der Waals surface area contributed by atoms with E-state index in [4.69, 9.17) is 17.5 Å². The third kappa shape index (κ3) is 751. The zero-order valence-electron chi connectivity index (χ0n) is 6.76. The van der Waals surface area contributed by atoms with Crippen LogP contribution in [0.15, 0.2) is 0 Å². The van der Waals surface area contributed by atoms with Crippen LogP contribution in [0.4, 0.5) is 14.1 Å². The van der Waals surface area contributed by atoms with Crippen molar-refractivity contribution in [3.8, 4) is 0 Å². The second kappa shape index (κ2) is 22.8. The monoisotopic (exact) mass is 222 g/mol. The predicted octanol–water partition coefficient (Wildman–Crippen LogP) is -0.396. The average Bonchev–Trinajstić information content (AvgIpc) is 1.61. The molecular weight excluding hydrogens is 207 g/mol. The molecule has 0 aromatic carbocycles. The Morgan fingerprint density at radius 2 is 1.23 bits per heavy atom. The van der Waals surface area contributed by atoms with E-state index >= 15 is 0 Å². The van der Waals surface area contributed by atoms with Crippen molar-refractivity contribution in [2.45, 2.75) is 18.4 Å². The van der Waals surface area contributed by atoms with E-state index in [2.05, 4.69) is 24.6 Å². The molecule has 0 bridgehead atoms. The van der Waals surface area contributed by atoms with Gasteiger partial charge in [-0.25, -0.2) is 0 Å². The summed E-state index contributed by atoms with van der Waals surface area (Å²) in [5.74, 6) is 0. The van der Waals surface area contributed by atoms with Crippen molar-refractivity contribution in [3.05, 3.63) is 0 Å². The molecule has 0 saturated heterocycles. The van der Waals surface area contributed by atoms with Crippen LogP contribution in [-0.2, 0) is 10.4 Å². The van der Waals surface area contributed by atoms with E-state index in [9.17, 15) is 0 Å². The molecule has 0 radical (unpaired) electrons. The number of hydrogen-bond acceptors (Lipinski definition) is 2. The molecule has 0 amide bonds. The quantitative estimate of drug-likeness (QED) is 0.467. The minimum absolute atomic E-state index is 0. The predicted molar refractivity (Wildman–Crippen MR) is 52.5 cm³/mol. The molecule has 0 spiro atoms. The van der Waals surface area contributed by atoms with Crippen LogP contribution in [0.1, 0.15) is 13.3 Å². The molecule has 0 aliphatic carbocycles. The van der Waals surface area contributed by atoms with Crippen molar-refractivity contribution in [2.24, 2.45) is 0 Å². The van der Waals surface area contributed by atoms with Crippen LogP contribution in [0, 0.1) is 0 Å². The van der Waals surface area contributed by atoms with Gasteiger partial charge in [-0.2, -0.15) is 8.42 Å². The maximum absolute atomic E-state index is 8.74. The van der Waals surface area contributed by atoms with Crippen LogP contribution in [0.5, 0.6) is 0 Å². The molecule has 4 nitrogen and oxygen atoms in total. The van der Waals surface area contributed by atoms with E-state index in [0.717, 1.165) is 0 Å². The van der Waals surface area contributed by atoms with Gasteiger partial charge in [0.05, 0.1) is 8.41 Å². The molecule has 0 aromatic heterocycles. The Hall–Kier alpha value is 0.322. The average molecular weight is 222 g/mol. The van der Waals surface area contributed by atoms with Gasteiger partial charge in [0, 0.05) is 0 Å². The third-order valence-corrected chi connectivity index (χ3v) is 0.500. The first-order valence-electron chi connectivity index (χ1n) is 2.61. The van der Waals surface area contributed by atoms with E-state index < -0.39 is 10.4 Å². The molecule has 0 fully saturated rings. The Morgan fingerprint density at radius 3 is 1.23 bits per heavy atom. The van der Waals surface area contributed by atoms with E-state index in [1.807, 2.05) is 0 Å². The van der Waals surface area contributed by atoms with Crippen molar-refractivity contribution in [1.82, 2.24) is 0 Å². The Bertz CT molecular complexity index is 134. The van der Waals surface area contributed by atoms with E-state index in [1.165, 1.54) is 11.5 Å². The second-order valence-corrected chi connectivity index (χ2v) is 2.34. The topological polar surface area (TPSA) is 74.6 Å². The van der Waals surface area contributed by atoms with E-state index in [-0.39, 0.29) is 22.5 Å². The third-order valence-electron chi connectivity index (χ3n) is 0.500. The molecule has 0 unspecified atom stereocenters. The van der Waals surface area contributed by atoms with Crippen molar-refractivity contribution in [1.29, 1.82) is 0 Å². The molecule has 0 saturated carbocycles. The number of rotatable bonds is 1. The second-order valence-electron chi connectivity index (χ2n) is 1.45. The molecule has 0 aliphatic rings. The SMILES string of the molecule is B.F.F.F.O=S(=O)(O)O.[Li][CH2]CC. The summed E-state index contributed by atoms with van der Waals surface area (Å²) in [5.41, 5.74) is 0. The number of halogens is 3. The molecule has 82 valence electrons. The first-order valence-corrected chi connectivity index (χ1v) is 4.01. The summed E-state index contributed by atoms with van der Waals surface area (Å²) in [6, 6.07) is 0. The number of hydrogen-bond donors (Lipinski definition) is 2. The molecule has 0 heterocycles. The normalized spacial score (nSPS) is 6.85. The summed E-state index contributed by atoms with van der Waals surface area (Å²) in [7, 11) is -4.67. The fourth-order valence-electron chi connectivity index (χ4n) is 0. The van der Waals surface area contributed by atoms with Crippen LogP contribution in [0.3, 0.4) is 0 Å².